The molecule has 6 nitrogen and oxygen atoms in total. The van der Waals surface area contributed by atoms with Gasteiger partial charge in [0, 0.05) is 13.1 Å². The van der Waals surface area contributed by atoms with Crippen LogP contribution >= 0.6 is 0 Å². The number of carbonyl (C=O) groups excluding carboxylic acids is 1. The maximum atomic E-state index is 11.5. The highest BCUT2D eigenvalue weighted by Gasteiger charge is 2.39. The summed E-state index contributed by atoms with van der Waals surface area (Å²) in [5.41, 5.74) is 5.79. The SMILES string of the molecule is CC1(C(N)=O)CCN(c2ccc(C(=O)O)cc2C#N)C1. The van der Waals surface area contributed by atoms with Crippen LogP contribution in [-0.4, -0.2) is 30.1 Å². The minimum Gasteiger partial charge on any atom is -0.478 e. The van der Waals surface area contributed by atoms with Gasteiger partial charge in [0.05, 0.1) is 22.2 Å². The lowest BCUT2D eigenvalue weighted by Crippen LogP contribution is -2.37. The fourth-order valence-electron chi connectivity index (χ4n) is 2.40. The van der Waals surface area contributed by atoms with Crippen LogP contribution in [-0.2, 0) is 4.79 Å². The van der Waals surface area contributed by atoms with Crippen molar-refractivity contribution in [3.8, 4) is 6.07 Å². The summed E-state index contributed by atoms with van der Waals surface area (Å²) in [6.07, 6.45) is 0.619. The van der Waals surface area contributed by atoms with Crippen LogP contribution in [0.5, 0.6) is 0 Å². The number of nitriles is 1. The lowest BCUT2D eigenvalue weighted by molar-refractivity contribution is -0.125. The molecule has 3 N–H and O–H groups in total. The molecule has 0 saturated carbocycles. The zero-order chi connectivity index (χ0) is 14.9. The number of primary amides is 1. The lowest BCUT2D eigenvalue weighted by Gasteiger charge is -2.23. The summed E-state index contributed by atoms with van der Waals surface area (Å²) in [5.74, 6) is -1.43. The number of anilines is 1. The Morgan fingerprint density at radius 2 is 2.20 bits per heavy atom. The van der Waals surface area contributed by atoms with Crippen molar-refractivity contribution in [2.24, 2.45) is 11.1 Å². The van der Waals surface area contributed by atoms with Crippen LogP contribution in [0, 0.1) is 16.7 Å². The number of benzene rings is 1. The molecule has 1 aliphatic heterocycles. The molecule has 1 saturated heterocycles. The molecule has 0 spiro atoms. The highest BCUT2D eigenvalue weighted by molar-refractivity contribution is 5.89. The number of carboxylic acids is 1. The summed E-state index contributed by atoms with van der Waals surface area (Å²) in [4.78, 5) is 24.3. The molecule has 6 heteroatoms. The molecule has 1 heterocycles. The quantitative estimate of drug-likeness (QED) is 0.852. The molecule has 0 radical (unpaired) electrons. The Hall–Kier alpha value is -2.55. The van der Waals surface area contributed by atoms with Crippen LogP contribution < -0.4 is 10.6 Å². The standard InChI is InChI=1S/C14H15N3O3/c1-14(13(16)20)4-5-17(8-14)11-3-2-9(12(18)19)6-10(11)7-15/h2-3,6H,4-5,8H2,1H3,(H2,16,20)(H,18,19). The Kier molecular flexibility index (Phi) is 3.36. The van der Waals surface area contributed by atoms with Gasteiger partial charge in [-0.15, -0.1) is 0 Å². The van der Waals surface area contributed by atoms with E-state index in [1.165, 1.54) is 12.1 Å². The Balaban J connectivity index is 2.34. The van der Waals surface area contributed by atoms with Crippen LogP contribution in [0.3, 0.4) is 0 Å². The number of aromatic carboxylic acids is 1. The second kappa shape index (κ2) is 4.85. The van der Waals surface area contributed by atoms with E-state index in [-0.39, 0.29) is 11.5 Å². The predicted octanol–water partition coefficient (Wildman–Crippen LogP) is 0.958. The highest BCUT2D eigenvalue weighted by atomic mass is 16.4. The summed E-state index contributed by atoms with van der Waals surface area (Å²) in [5, 5.41) is 18.1. The van der Waals surface area contributed by atoms with Crippen LogP contribution in [0.2, 0.25) is 0 Å². The van der Waals surface area contributed by atoms with E-state index in [0.29, 0.717) is 30.8 Å². The molecule has 0 bridgehead atoms. The van der Waals surface area contributed by atoms with Gasteiger partial charge in [-0.05, 0) is 31.5 Å². The zero-order valence-electron chi connectivity index (χ0n) is 11.1. The Morgan fingerprint density at radius 1 is 1.50 bits per heavy atom. The van der Waals surface area contributed by atoms with Gasteiger partial charge in [0.15, 0.2) is 0 Å². The molecule has 1 fully saturated rings. The molecule has 1 unspecified atom stereocenters. The third-order valence-electron chi connectivity index (χ3n) is 3.77. The number of nitrogens with two attached hydrogens (primary N) is 1. The third-order valence-corrected chi connectivity index (χ3v) is 3.77. The van der Waals surface area contributed by atoms with Crippen molar-refractivity contribution in [1.29, 1.82) is 5.26 Å². The van der Waals surface area contributed by atoms with Crippen molar-refractivity contribution in [3.05, 3.63) is 29.3 Å². The molecule has 1 amide bonds. The molecule has 1 aliphatic rings. The first-order chi connectivity index (χ1) is 9.37. The van der Waals surface area contributed by atoms with Crippen LogP contribution in [0.25, 0.3) is 0 Å². The Morgan fingerprint density at radius 3 is 2.70 bits per heavy atom. The molecule has 1 aromatic rings. The average Bonchev–Trinajstić information content (AvgIpc) is 2.82. The zero-order valence-corrected chi connectivity index (χ0v) is 11.1. The number of carboxylic acid groups (broad SMARTS) is 1. The lowest BCUT2D eigenvalue weighted by atomic mass is 9.89. The fourth-order valence-corrected chi connectivity index (χ4v) is 2.40. The predicted molar refractivity (Wildman–Crippen MR) is 72.2 cm³/mol. The molecule has 1 aromatic carbocycles. The maximum Gasteiger partial charge on any atom is 0.335 e. The van der Waals surface area contributed by atoms with Crippen molar-refractivity contribution in [1.82, 2.24) is 0 Å². The largest absolute Gasteiger partial charge is 0.478 e. The van der Waals surface area contributed by atoms with Gasteiger partial charge >= 0.3 is 5.97 Å². The first kappa shape index (κ1) is 13.9. The van der Waals surface area contributed by atoms with E-state index >= 15 is 0 Å². The number of carbonyl (C=O) groups is 2. The molecular formula is C14H15N3O3. The van der Waals surface area contributed by atoms with Gasteiger partial charge in [0.25, 0.3) is 0 Å². The number of amides is 1. The van der Waals surface area contributed by atoms with E-state index in [4.69, 9.17) is 16.1 Å². The normalized spacial score (nSPS) is 21.5. The van der Waals surface area contributed by atoms with Gasteiger partial charge in [-0.25, -0.2) is 4.79 Å². The monoisotopic (exact) mass is 273 g/mol. The second-order valence-electron chi connectivity index (χ2n) is 5.25. The van der Waals surface area contributed by atoms with E-state index in [2.05, 4.69) is 0 Å². The molecule has 0 aliphatic carbocycles. The average molecular weight is 273 g/mol. The topological polar surface area (TPSA) is 107 Å². The van der Waals surface area contributed by atoms with Gasteiger partial charge in [0.2, 0.25) is 5.91 Å². The maximum absolute atomic E-state index is 11.5. The molecule has 1 atom stereocenters. The van der Waals surface area contributed by atoms with E-state index in [1.807, 2.05) is 11.0 Å². The summed E-state index contributed by atoms with van der Waals surface area (Å²) < 4.78 is 0. The van der Waals surface area contributed by atoms with E-state index in [9.17, 15) is 9.59 Å². The van der Waals surface area contributed by atoms with Gasteiger partial charge in [-0.2, -0.15) is 5.26 Å². The van der Waals surface area contributed by atoms with Gasteiger partial charge in [-0.3, -0.25) is 4.79 Å². The Bertz CT molecular complexity index is 621. The minimum absolute atomic E-state index is 0.0714. The number of hydrogen-bond donors (Lipinski definition) is 2. The van der Waals surface area contributed by atoms with Crippen molar-refractivity contribution in [2.45, 2.75) is 13.3 Å². The third kappa shape index (κ3) is 2.30. The summed E-state index contributed by atoms with van der Waals surface area (Å²) in [6.45, 7) is 2.84. The molecular weight excluding hydrogens is 258 g/mol. The van der Waals surface area contributed by atoms with E-state index in [0.717, 1.165) is 0 Å². The summed E-state index contributed by atoms with van der Waals surface area (Å²) >= 11 is 0. The number of hydrogen-bond acceptors (Lipinski definition) is 4. The molecule has 0 aromatic heterocycles. The first-order valence-corrected chi connectivity index (χ1v) is 6.20. The van der Waals surface area contributed by atoms with Gasteiger partial charge in [-0.1, -0.05) is 0 Å². The van der Waals surface area contributed by atoms with E-state index in [1.54, 1.807) is 13.0 Å². The number of nitrogens with zero attached hydrogens (tertiary/aromatic N) is 2. The summed E-state index contributed by atoms with van der Waals surface area (Å²) in [7, 11) is 0. The fraction of sp³-hybridized carbons (Fsp3) is 0.357. The molecule has 20 heavy (non-hydrogen) atoms. The van der Waals surface area contributed by atoms with Crippen LogP contribution in [0.1, 0.15) is 29.3 Å². The van der Waals surface area contributed by atoms with Crippen LogP contribution in [0.15, 0.2) is 18.2 Å². The smallest absolute Gasteiger partial charge is 0.335 e. The number of rotatable bonds is 3. The first-order valence-electron chi connectivity index (χ1n) is 6.20. The van der Waals surface area contributed by atoms with Crippen molar-refractivity contribution < 1.29 is 14.7 Å². The van der Waals surface area contributed by atoms with Gasteiger partial charge in [0.1, 0.15) is 6.07 Å². The van der Waals surface area contributed by atoms with Crippen molar-refractivity contribution in [2.75, 3.05) is 18.0 Å². The van der Waals surface area contributed by atoms with Gasteiger partial charge < -0.3 is 15.7 Å². The minimum atomic E-state index is -1.07. The van der Waals surface area contributed by atoms with E-state index < -0.39 is 11.4 Å². The van der Waals surface area contributed by atoms with Crippen LogP contribution in [0.4, 0.5) is 5.69 Å². The van der Waals surface area contributed by atoms with Crippen molar-refractivity contribution >= 4 is 17.6 Å². The Labute approximate surface area is 116 Å². The molecule has 2 rings (SSSR count). The highest BCUT2D eigenvalue weighted by Crippen LogP contribution is 2.34. The second-order valence-corrected chi connectivity index (χ2v) is 5.25. The molecule has 104 valence electrons. The van der Waals surface area contributed by atoms with Crippen molar-refractivity contribution in [3.63, 3.8) is 0 Å². The summed E-state index contributed by atoms with van der Waals surface area (Å²) in [6, 6.07) is 6.41.